The predicted octanol–water partition coefficient (Wildman–Crippen LogP) is 2.31. The molecule has 0 aliphatic heterocycles. The Labute approximate surface area is 116 Å². The van der Waals surface area contributed by atoms with Gasteiger partial charge in [0.05, 0.1) is 11.1 Å². The van der Waals surface area contributed by atoms with Crippen molar-refractivity contribution in [2.24, 2.45) is 0 Å². The molecule has 0 atom stereocenters. The summed E-state index contributed by atoms with van der Waals surface area (Å²) in [5.41, 5.74) is 0.683. The smallest absolute Gasteiger partial charge is 0.208 e. The number of tetrazole rings is 1. The predicted molar refractivity (Wildman–Crippen MR) is 73.1 cm³/mol. The number of benzene rings is 1. The van der Waals surface area contributed by atoms with E-state index in [9.17, 15) is 9.18 Å². The van der Waals surface area contributed by atoms with Crippen LogP contribution in [0.4, 0.5) is 4.39 Å². The standard InChI is InChI=1S/C14H15FN4O/c1-14(2,3)19-17-13(16-18-19)11(9-20)8-10-4-6-12(15)7-5-10/h4-9H,1-3H3. The van der Waals surface area contributed by atoms with Gasteiger partial charge in [0.2, 0.25) is 5.82 Å². The van der Waals surface area contributed by atoms with Crippen LogP contribution in [0.5, 0.6) is 0 Å². The molecule has 0 amide bonds. The fourth-order valence-corrected chi connectivity index (χ4v) is 1.50. The lowest BCUT2D eigenvalue weighted by molar-refractivity contribution is -0.103. The Morgan fingerprint density at radius 1 is 1.25 bits per heavy atom. The number of hydrogen-bond donors (Lipinski definition) is 0. The van der Waals surface area contributed by atoms with Gasteiger partial charge in [-0.3, -0.25) is 4.79 Å². The maximum atomic E-state index is 12.8. The van der Waals surface area contributed by atoms with Gasteiger partial charge < -0.3 is 0 Å². The summed E-state index contributed by atoms with van der Waals surface area (Å²) in [7, 11) is 0. The summed E-state index contributed by atoms with van der Waals surface area (Å²) in [6, 6.07) is 5.81. The van der Waals surface area contributed by atoms with Crippen molar-refractivity contribution in [3.05, 3.63) is 41.5 Å². The van der Waals surface area contributed by atoms with E-state index in [1.165, 1.54) is 16.9 Å². The number of carbonyl (C=O) groups is 1. The zero-order valence-electron chi connectivity index (χ0n) is 11.5. The maximum absolute atomic E-state index is 12.8. The minimum Gasteiger partial charge on any atom is -0.298 e. The average molecular weight is 274 g/mol. The Hall–Kier alpha value is -2.37. The van der Waals surface area contributed by atoms with Gasteiger partial charge in [-0.2, -0.15) is 4.80 Å². The minimum absolute atomic E-state index is 0.249. The summed E-state index contributed by atoms with van der Waals surface area (Å²) in [5.74, 6) is -0.0779. The van der Waals surface area contributed by atoms with E-state index in [1.54, 1.807) is 18.2 Å². The van der Waals surface area contributed by atoms with E-state index in [1.807, 2.05) is 20.8 Å². The number of aromatic nitrogens is 4. The van der Waals surface area contributed by atoms with Crippen LogP contribution in [0.3, 0.4) is 0 Å². The monoisotopic (exact) mass is 274 g/mol. The molecule has 104 valence electrons. The van der Waals surface area contributed by atoms with E-state index < -0.39 is 0 Å². The number of halogens is 1. The molecule has 20 heavy (non-hydrogen) atoms. The Balaban J connectivity index is 2.35. The third-order valence-electron chi connectivity index (χ3n) is 2.59. The molecule has 0 saturated heterocycles. The molecule has 5 nitrogen and oxygen atoms in total. The average Bonchev–Trinajstić information content (AvgIpc) is 2.87. The first kappa shape index (κ1) is 14.0. The second-order valence-electron chi connectivity index (χ2n) is 5.34. The summed E-state index contributed by atoms with van der Waals surface area (Å²) < 4.78 is 12.8. The molecule has 1 aromatic carbocycles. The summed E-state index contributed by atoms with van der Waals surface area (Å²) in [5, 5.41) is 12.0. The van der Waals surface area contributed by atoms with Crippen molar-refractivity contribution in [2.75, 3.05) is 0 Å². The zero-order valence-corrected chi connectivity index (χ0v) is 11.5. The lowest BCUT2D eigenvalue weighted by Gasteiger charge is -2.15. The highest BCUT2D eigenvalue weighted by atomic mass is 19.1. The van der Waals surface area contributed by atoms with Crippen LogP contribution in [0, 0.1) is 5.82 Å². The van der Waals surface area contributed by atoms with Gasteiger partial charge >= 0.3 is 0 Å². The highest BCUT2D eigenvalue weighted by molar-refractivity contribution is 6.11. The largest absolute Gasteiger partial charge is 0.298 e. The Bertz CT molecular complexity index is 638. The SMILES string of the molecule is CC(C)(C)n1nnc(C(C=O)=Cc2ccc(F)cc2)n1. The normalized spacial score (nSPS) is 12.5. The Kier molecular flexibility index (Phi) is 3.74. The van der Waals surface area contributed by atoms with Gasteiger partial charge in [-0.25, -0.2) is 4.39 Å². The van der Waals surface area contributed by atoms with Crippen molar-refractivity contribution < 1.29 is 9.18 Å². The Morgan fingerprint density at radius 3 is 2.40 bits per heavy atom. The van der Waals surface area contributed by atoms with Crippen LogP contribution in [0.25, 0.3) is 11.6 Å². The third kappa shape index (κ3) is 3.14. The molecule has 0 N–H and O–H groups in total. The highest BCUT2D eigenvalue weighted by Gasteiger charge is 2.18. The van der Waals surface area contributed by atoms with Gasteiger partial charge in [0, 0.05) is 0 Å². The van der Waals surface area contributed by atoms with Crippen LogP contribution in [0.1, 0.15) is 32.2 Å². The number of aldehydes is 1. The van der Waals surface area contributed by atoms with Crippen molar-refractivity contribution >= 4 is 17.9 Å². The molecule has 6 heteroatoms. The van der Waals surface area contributed by atoms with Crippen molar-refractivity contribution in [3.8, 4) is 0 Å². The Morgan fingerprint density at radius 2 is 1.90 bits per heavy atom. The molecular weight excluding hydrogens is 259 g/mol. The van der Waals surface area contributed by atoms with E-state index in [0.29, 0.717) is 17.4 Å². The molecular formula is C14H15FN4O. The van der Waals surface area contributed by atoms with Gasteiger partial charge in [-0.1, -0.05) is 12.1 Å². The van der Waals surface area contributed by atoms with Gasteiger partial charge in [-0.15, -0.1) is 10.2 Å². The highest BCUT2D eigenvalue weighted by Crippen LogP contribution is 2.15. The van der Waals surface area contributed by atoms with E-state index in [-0.39, 0.29) is 17.2 Å². The molecule has 0 spiro atoms. The first-order chi connectivity index (χ1) is 9.40. The first-order valence-electron chi connectivity index (χ1n) is 6.13. The number of nitrogens with zero attached hydrogens (tertiary/aromatic N) is 4. The van der Waals surface area contributed by atoms with Gasteiger partial charge in [0.25, 0.3) is 0 Å². The van der Waals surface area contributed by atoms with Crippen molar-refractivity contribution in [1.29, 1.82) is 0 Å². The summed E-state index contributed by atoms with van der Waals surface area (Å²) >= 11 is 0. The summed E-state index contributed by atoms with van der Waals surface area (Å²) in [6.45, 7) is 5.80. The lowest BCUT2D eigenvalue weighted by atomic mass is 10.1. The van der Waals surface area contributed by atoms with E-state index in [4.69, 9.17) is 0 Å². The minimum atomic E-state index is -0.327. The lowest BCUT2D eigenvalue weighted by Crippen LogP contribution is -2.24. The molecule has 0 unspecified atom stereocenters. The topological polar surface area (TPSA) is 60.7 Å². The van der Waals surface area contributed by atoms with E-state index in [2.05, 4.69) is 15.4 Å². The molecule has 0 bridgehead atoms. The quantitative estimate of drug-likeness (QED) is 0.636. The fourth-order valence-electron chi connectivity index (χ4n) is 1.50. The van der Waals surface area contributed by atoms with Gasteiger partial charge in [0.15, 0.2) is 6.29 Å². The molecule has 0 saturated carbocycles. The first-order valence-corrected chi connectivity index (χ1v) is 6.13. The summed E-state index contributed by atoms with van der Waals surface area (Å²) in [6.07, 6.45) is 2.25. The second-order valence-corrected chi connectivity index (χ2v) is 5.34. The third-order valence-corrected chi connectivity index (χ3v) is 2.59. The van der Waals surface area contributed by atoms with Crippen LogP contribution in [0.15, 0.2) is 24.3 Å². The number of hydrogen-bond acceptors (Lipinski definition) is 4. The van der Waals surface area contributed by atoms with Crippen molar-refractivity contribution in [2.45, 2.75) is 26.3 Å². The molecule has 0 radical (unpaired) electrons. The molecule has 0 aliphatic carbocycles. The van der Waals surface area contributed by atoms with Gasteiger partial charge in [0.1, 0.15) is 5.82 Å². The van der Waals surface area contributed by atoms with Crippen LogP contribution >= 0.6 is 0 Å². The number of allylic oxidation sites excluding steroid dienone is 1. The van der Waals surface area contributed by atoms with Crippen molar-refractivity contribution in [1.82, 2.24) is 20.2 Å². The number of rotatable bonds is 3. The fraction of sp³-hybridized carbons (Fsp3) is 0.286. The van der Waals surface area contributed by atoms with Crippen molar-refractivity contribution in [3.63, 3.8) is 0 Å². The van der Waals surface area contributed by atoms with Crippen LogP contribution in [0.2, 0.25) is 0 Å². The van der Waals surface area contributed by atoms with Gasteiger partial charge in [-0.05, 0) is 49.8 Å². The molecule has 0 aliphatic rings. The molecule has 0 fully saturated rings. The van der Waals surface area contributed by atoms with E-state index >= 15 is 0 Å². The molecule has 1 aromatic heterocycles. The number of carbonyl (C=O) groups excluding carboxylic acids is 1. The molecule has 2 aromatic rings. The molecule has 2 rings (SSSR count). The van der Waals surface area contributed by atoms with E-state index in [0.717, 1.165) is 0 Å². The summed E-state index contributed by atoms with van der Waals surface area (Å²) in [4.78, 5) is 12.6. The molecule has 1 heterocycles. The van der Waals surface area contributed by atoms with Crippen LogP contribution in [-0.4, -0.2) is 26.5 Å². The van der Waals surface area contributed by atoms with Crippen LogP contribution in [-0.2, 0) is 10.3 Å². The maximum Gasteiger partial charge on any atom is 0.208 e. The van der Waals surface area contributed by atoms with Crippen LogP contribution < -0.4 is 0 Å². The second kappa shape index (κ2) is 5.32. The zero-order chi connectivity index (χ0) is 14.8.